The zero-order valence-corrected chi connectivity index (χ0v) is 15.2. The molecule has 1 spiro atoms. The van der Waals surface area contributed by atoms with Gasteiger partial charge in [-0.2, -0.15) is 0 Å². The van der Waals surface area contributed by atoms with Crippen LogP contribution in [-0.2, 0) is 16.6 Å². The fraction of sp³-hybridized carbons (Fsp3) is 0.409. The second-order valence-electron chi connectivity index (χ2n) is 7.64. The summed E-state index contributed by atoms with van der Waals surface area (Å²) in [5.74, 6) is 0.626. The number of anilines is 1. The van der Waals surface area contributed by atoms with Crippen molar-refractivity contribution in [1.82, 2.24) is 0 Å². The Morgan fingerprint density at radius 1 is 1.04 bits per heavy atom. The van der Waals surface area contributed by atoms with E-state index in [2.05, 4.69) is 29.6 Å². The Morgan fingerprint density at radius 3 is 2.52 bits per heavy atom. The van der Waals surface area contributed by atoms with Crippen LogP contribution in [0.5, 0.6) is 0 Å². The molecular formula is C22H24ClNO. The molecule has 130 valence electrons. The standard InChI is InChI=1S/C22H24ClNO/c23-18-5-7-19(8-6-18)24-21(25)15-16-9-12-22(13-10-16)14-11-17-3-1-2-4-20(17)22/h1-8,16H,9-15H2,(H,24,25)/t16-,22+. The van der Waals surface area contributed by atoms with E-state index in [4.69, 9.17) is 11.6 Å². The SMILES string of the molecule is O=C(C[C@H]1CC[C@]2(CCc3ccccc32)CC1)Nc1ccc(Cl)cc1. The number of hydrogen-bond acceptors (Lipinski definition) is 1. The van der Waals surface area contributed by atoms with E-state index < -0.39 is 0 Å². The largest absolute Gasteiger partial charge is 0.326 e. The number of fused-ring (bicyclic) bond motifs is 2. The normalized spacial score (nSPS) is 24.9. The number of hydrogen-bond donors (Lipinski definition) is 1. The Labute approximate surface area is 154 Å². The van der Waals surface area contributed by atoms with Crippen LogP contribution in [0.2, 0.25) is 5.02 Å². The van der Waals surface area contributed by atoms with Gasteiger partial charge in [-0.15, -0.1) is 0 Å². The number of carbonyl (C=O) groups excluding carboxylic acids is 1. The fourth-order valence-corrected chi connectivity index (χ4v) is 4.85. The summed E-state index contributed by atoms with van der Waals surface area (Å²) in [6.45, 7) is 0. The van der Waals surface area contributed by atoms with Crippen molar-refractivity contribution in [3.63, 3.8) is 0 Å². The van der Waals surface area contributed by atoms with Gasteiger partial charge in [-0.1, -0.05) is 35.9 Å². The average molecular weight is 354 g/mol. The van der Waals surface area contributed by atoms with Crippen LogP contribution in [0.1, 0.15) is 49.7 Å². The van der Waals surface area contributed by atoms with Crippen molar-refractivity contribution in [2.45, 2.75) is 50.4 Å². The Kier molecular flexibility index (Phi) is 4.56. The van der Waals surface area contributed by atoms with Crippen LogP contribution in [0.25, 0.3) is 0 Å². The smallest absolute Gasteiger partial charge is 0.224 e. The lowest BCUT2D eigenvalue weighted by Crippen LogP contribution is -2.31. The van der Waals surface area contributed by atoms with Gasteiger partial charge in [0.05, 0.1) is 0 Å². The number of halogens is 1. The monoisotopic (exact) mass is 353 g/mol. The van der Waals surface area contributed by atoms with Gasteiger partial charge >= 0.3 is 0 Å². The van der Waals surface area contributed by atoms with Crippen LogP contribution < -0.4 is 5.32 Å². The van der Waals surface area contributed by atoms with Gasteiger partial charge in [-0.25, -0.2) is 0 Å². The molecule has 25 heavy (non-hydrogen) atoms. The minimum Gasteiger partial charge on any atom is -0.326 e. The van der Waals surface area contributed by atoms with E-state index >= 15 is 0 Å². The van der Waals surface area contributed by atoms with Crippen LogP contribution in [0.15, 0.2) is 48.5 Å². The number of benzene rings is 2. The van der Waals surface area contributed by atoms with Crippen molar-refractivity contribution in [1.29, 1.82) is 0 Å². The molecule has 0 aromatic heterocycles. The third-order valence-electron chi connectivity index (χ3n) is 6.13. The summed E-state index contributed by atoms with van der Waals surface area (Å²) in [7, 11) is 0. The van der Waals surface area contributed by atoms with Crippen LogP contribution in [0.4, 0.5) is 5.69 Å². The number of amides is 1. The molecule has 1 N–H and O–H groups in total. The number of nitrogens with one attached hydrogen (secondary N) is 1. The minimum absolute atomic E-state index is 0.120. The summed E-state index contributed by atoms with van der Waals surface area (Å²) in [5, 5.41) is 3.68. The molecule has 1 fully saturated rings. The summed E-state index contributed by atoms with van der Waals surface area (Å²) in [4.78, 5) is 12.3. The number of rotatable bonds is 3. The molecule has 3 heteroatoms. The molecule has 2 nitrogen and oxygen atoms in total. The molecule has 4 rings (SSSR count). The molecule has 0 atom stereocenters. The predicted molar refractivity (Wildman–Crippen MR) is 103 cm³/mol. The highest BCUT2D eigenvalue weighted by molar-refractivity contribution is 6.30. The van der Waals surface area contributed by atoms with Gasteiger partial charge < -0.3 is 5.32 Å². The van der Waals surface area contributed by atoms with Gasteiger partial charge in [0.2, 0.25) is 5.91 Å². The highest BCUT2D eigenvalue weighted by atomic mass is 35.5. The summed E-state index contributed by atoms with van der Waals surface area (Å²) < 4.78 is 0. The quantitative estimate of drug-likeness (QED) is 0.748. The first kappa shape index (κ1) is 16.7. The summed E-state index contributed by atoms with van der Waals surface area (Å²) in [6, 6.07) is 16.3. The lowest BCUT2D eigenvalue weighted by molar-refractivity contribution is -0.117. The molecule has 0 saturated heterocycles. The maximum absolute atomic E-state index is 12.3. The van der Waals surface area contributed by atoms with E-state index in [0.717, 1.165) is 18.5 Å². The third-order valence-corrected chi connectivity index (χ3v) is 6.38. The fourth-order valence-electron chi connectivity index (χ4n) is 4.73. The van der Waals surface area contributed by atoms with Gasteiger partial charge in [0, 0.05) is 17.1 Å². The molecule has 0 aliphatic heterocycles. The van der Waals surface area contributed by atoms with Crippen molar-refractivity contribution in [2.24, 2.45) is 5.92 Å². The van der Waals surface area contributed by atoms with Crippen LogP contribution in [0, 0.1) is 5.92 Å². The van der Waals surface area contributed by atoms with Crippen molar-refractivity contribution in [3.8, 4) is 0 Å². The average Bonchev–Trinajstić information content (AvgIpc) is 2.98. The molecule has 0 radical (unpaired) electrons. The van der Waals surface area contributed by atoms with Crippen molar-refractivity contribution >= 4 is 23.2 Å². The maximum Gasteiger partial charge on any atom is 0.224 e. The Hall–Kier alpha value is -1.80. The lowest BCUT2D eigenvalue weighted by atomic mass is 9.67. The zero-order chi connectivity index (χ0) is 17.3. The second-order valence-corrected chi connectivity index (χ2v) is 8.08. The summed E-state index contributed by atoms with van der Waals surface area (Å²) >= 11 is 5.89. The highest BCUT2D eigenvalue weighted by Gasteiger charge is 2.41. The maximum atomic E-state index is 12.3. The molecule has 2 aliphatic rings. The molecule has 0 heterocycles. The molecule has 2 aromatic carbocycles. The topological polar surface area (TPSA) is 29.1 Å². The molecule has 0 bridgehead atoms. The first-order chi connectivity index (χ1) is 12.1. The van der Waals surface area contributed by atoms with Gasteiger partial charge in [-0.05, 0) is 85.3 Å². The van der Waals surface area contributed by atoms with E-state index in [1.54, 1.807) is 23.3 Å². The molecule has 1 saturated carbocycles. The van der Waals surface area contributed by atoms with E-state index in [1.165, 1.54) is 25.7 Å². The molecule has 2 aromatic rings. The Balaban J connectivity index is 1.33. The van der Waals surface area contributed by atoms with Crippen molar-refractivity contribution in [3.05, 3.63) is 64.7 Å². The van der Waals surface area contributed by atoms with Crippen LogP contribution in [-0.4, -0.2) is 5.91 Å². The zero-order valence-electron chi connectivity index (χ0n) is 14.4. The van der Waals surface area contributed by atoms with E-state index in [9.17, 15) is 4.79 Å². The molecular weight excluding hydrogens is 330 g/mol. The van der Waals surface area contributed by atoms with E-state index in [-0.39, 0.29) is 5.91 Å². The van der Waals surface area contributed by atoms with Gasteiger partial charge in [-0.3, -0.25) is 4.79 Å². The summed E-state index contributed by atoms with van der Waals surface area (Å²) in [6.07, 6.45) is 7.89. The molecule has 1 amide bonds. The predicted octanol–water partition coefficient (Wildman–Crippen LogP) is 5.74. The number of carbonyl (C=O) groups is 1. The Morgan fingerprint density at radius 2 is 1.76 bits per heavy atom. The first-order valence-corrected chi connectivity index (χ1v) is 9.66. The Bertz CT molecular complexity index is 760. The second kappa shape index (κ2) is 6.84. The molecule has 2 aliphatic carbocycles. The van der Waals surface area contributed by atoms with Crippen molar-refractivity contribution < 1.29 is 4.79 Å². The highest BCUT2D eigenvalue weighted by Crippen LogP contribution is 2.50. The first-order valence-electron chi connectivity index (χ1n) is 9.28. The van der Waals surface area contributed by atoms with E-state index in [1.807, 2.05) is 12.1 Å². The van der Waals surface area contributed by atoms with Crippen LogP contribution >= 0.6 is 11.6 Å². The van der Waals surface area contributed by atoms with Gasteiger partial charge in [0.15, 0.2) is 0 Å². The van der Waals surface area contributed by atoms with E-state index in [0.29, 0.717) is 22.8 Å². The van der Waals surface area contributed by atoms with Gasteiger partial charge in [0.1, 0.15) is 0 Å². The molecule has 0 unspecified atom stereocenters. The lowest BCUT2D eigenvalue weighted by Gasteiger charge is -2.38. The van der Waals surface area contributed by atoms with Crippen LogP contribution in [0.3, 0.4) is 0 Å². The third kappa shape index (κ3) is 3.46. The summed E-state index contributed by atoms with van der Waals surface area (Å²) in [5.41, 5.74) is 4.34. The minimum atomic E-state index is 0.120. The van der Waals surface area contributed by atoms with Crippen molar-refractivity contribution in [2.75, 3.05) is 5.32 Å². The van der Waals surface area contributed by atoms with Gasteiger partial charge in [0.25, 0.3) is 0 Å². The number of aryl methyl sites for hydroxylation is 1.